The predicted octanol–water partition coefficient (Wildman–Crippen LogP) is 3.00. The fraction of sp³-hybridized carbons (Fsp3) is 0.174. The molecule has 2 aromatic carbocycles. The molecule has 0 amide bonds. The van der Waals surface area contributed by atoms with Crippen LogP contribution in [-0.4, -0.2) is 42.8 Å². The van der Waals surface area contributed by atoms with E-state index in [1.807, 2.05) is 0 Å². The summed E-state index contributed by atoms with van der Waals surface area (Å²) >= 11 is 0. The number of esters is 3. The molecular weight excluding hydrogens is 423 g/mol. The van der Waals surface area contributed by atoms with E-state index < -0.39 is 36.1 Å². The van der Waals surface area contributed by atoms with E-state index in [9.17, 15) is 18.8 Å². The van der Waals surface area contributed by atoms with Crippen LogP contribution in [0.25, 0.3) is 0 Å². The lowest BCUT2D eigenvalue weighted by Gasteiger charge is -2.09. The van der Waals surface area contributed by atoms with Gasteiger partial charge in [0.1, 0.15) is 24.7 Å². The Balaban J connectivity index is 1.90. The van der Waals surface area contributed by atoms with Gasteiger partial charge in [0.05, 0.1) is 17.7 Å². The van der Waals surface area contributed by atoms with Gasteiger partial charge < -0.3 is 24.1 Å². The summed E-state index contributed by atoms with van der Waals surface area (Å²) < 4.78 is 34.3. The van der Waals surface area contributed by atoms with E-state index in [0.717, 1.165) is 12.1 Å². The first-order valence-corrected chi connectivity index (χ1v) is 9.29. The molecule has 2 rings (SSSR count). The zero-order valence-electron chi connectivity index (χ0n) is 17.3. The fourth-order valence-electron chi connectivity index (χ4n) is 2.13. The van der Waals surface area contributed by atoms with Gasteiger partial charge in [-0.2, -0.15) is 0 Å². The number of benzene rings is 2. The van der Waals surface area contributed by atoms with Crippen molar-refractivity contribution in [3.05, 3.63) is 78.1 Å². The minimum atomic E-state index is -0.979. The molecular formula is C23H21FO8. The van der Waals surface area contributed by atoms with Gasteiger partial charge >= 0.3 is 17.9 Å². The van der Waals surface area contributed by atoms with E-state index >= 15 is 0 Å². The van der Waals surface area contributed by atoms with E-state index in [0.29, 0.717) is 5.75 Å². The highest BCUT2D eigenvalue weighted by Crippen LogP contribution is 2.24. The molecule has 0 aliphatic carbocycles. The van der Waals surface area contributed by atoms with Crippen LogP contribution in [0.2, 0.25) is 0 Å². The highest BCUT2D eigenvalue weighted by Gasteiger charge is 2.15. The summed E-state index contributed by atoms with van der Waals surface area (Å²) in [6, 6.07) is 9.18. The van der Waals surface area contributed by atoms with Crippen LogP contribution < -0.4 is 14.2 Å². The second-order valence-electron chi connectivity index (χ2n) is 6.42. The summed E-state index contributed by atoms with van der Waals surface area (Å²) in [6.07, 6.45) is 0. The van der Waals surface area contributed by atoms with Crippen molar-refractivity contribution in [3.63, 3.8) is 0 Å². The first-order chi connectivity index (χ1) is 15.2. The zero-order valence-corrected chi connectivity index (χ0v) is 17.3. The van der Waals surface area contributed by atoms with Crippen molar-refractivity contribution in [2.75, 3.05) is 19.8 Å². The molecule has 168 valence electrons. The Morgan fingerprint density at radius 2 is 1.59 bits per heavy atom. The summed E-state index contributed by atoms with van der Waals surface area (Å²) in [5, 5.41) is 8.83. The van der Waals surface area contributed by atoms with Gasteiger partial charge in [-0.1, -0.05) is 13.2 Å². The number of aliphatic hydroxyl groups is 1. The van der Waals surface area contributed by atoms with Gasteiger partial charge in [-0.25, -0.2) is 18.8 Å². The molecule has 0 spiro atoms. The molecule has 2 aromatic rings. The van der Waals surface area contributed by atoms with E-state index in [1.54, 1.807) is 0 Å². The number of rotatable bonds is 10. The summed E-state index contributed by atoms with van der Waals surface area (Å²) in [7, 11) is 0. The number of ether oxygens (including phenoxy) is 4. The summed E-state index contributed by atoms with van der Waals surface area (Å²) in [5.41, 5.74) is 0.234. The molecule has 0 fully saturated rings. The number of halogens is 1. The number of carbonyl (C=O) groups excluding carboxylic acids is 3. The zero-order chi connectivity index (χ0) is 23.7. The molecule has 32 heavy (non-hydrogen) atoms. The molecule has 0 heterocycles. The van der Waals surface area contributed by atoms with Crippen molar-refractivity contribution in [3.8, 4) is 17.2 Å². The SMILES string of the molecule is C=C(C)C(=O)OCCOc1ccc(C(=O)Oc2ccc(OC(=O)C(=C)CO)c(F)c2)cc1. The Morgan fingerprint density at radius 1 is 0.938 bits per heavy atom. The van der Waals surface area contributed by atoms with Crippen molar-refractivity contribution in [1.82, 2.24) is 0 Å². The van der Waals surface area contributed by atoms with Crippen LogP contribution in [0.15, 0.2) is 66.8 Å². The van der Waals surface area contributed by atoms with E-state index in [-0.39, 0.29) is 35.7 Å². The van der Waals surface area contributed by atoms with Crippen LogP contribution in [-0.2, 0) is 14.3 Å². The highest BCUT2D eigenvalue weighted by atomic mass is 19.1. The van der Waals surface area contributed by atoms with Gasteiger partial charge in [-0.3, -0.25) is 0 Å². The first-order valence-electron chi connectivity index (χ1n) is 9.29. The largest absolute Gasteiger partial charge is 0.490 e. The first kappa shape index (κ1) is 24.3. The van der Waals surface area contributed by atoms with E-state index in [4.69, 9.17) is 24.1 Å². The minimum Gasteiger partial charge on any atom is -0.490 e. The molecule has 8 nitrogen and oxygen atoms in total. The van der Waals surface area contributed by atoms with Crippen molar-refractivity contribution in [2.45, 2.75) is 6.92 Å². The highest BCUT2D eigenvalue weighted by molar-refractivity contribution is 5.91. The van der Waals surface area contributed by atoms with Crippen molar-refractivity contribution < 1.29 is 42.8 Å². The van der Waals surface area contributed by atoms with E-state index in [1.165, 1.54) is 37.3 Å². The molecule has 0 atom stereocenters. The van der Waals surface area contributed by atoms with Crippen LogP contribution in [0.5, 0.6) is 17.2 Å². The van der Waals surface area contributed by atoms with Crippen LogP contribution in [0, 0.1) is 5.82 Å². The van der Waals surface area contributed by atoms with Crippen LogP contribution in [0.4, 0.5) is 4.39 Å². The summed E-state index contributed by atoms with van der Waals surface area (Å²) in [6.45, 7) is 7.82. The lowest BCUT2D eigenvalue weighted by atomic mass is 10.2. The number of hydrogen-bond acceptors (Lipinski definition) is 8. The van der Waals surface area contributed by atoms with Gasteiger partial charge in [0, 0.05) is 11.6 Å². The molecule has 0 bridgehead atoms. The smallest absolute Gasteiger partial charge is 0.343 e. The number of hydrogen-bond donors (Lipinski definition) is 1. The Kier molecular flexibility index (Phi) is 8.67. The second kappa shape index (κ2) is 11.4. The minimum absolute atomic E-state index is 0.0421. The molecule has 0 saturated heterocycles. The lowest BCUT2D eigenvalue weighted by molar-refractivity contribution is -0.139. The molecule has 0 aliphatic rings. The van der Waals surface area contributed by atoms with Gasteiger partial charge in [-0.05, 0) is 43.3 Å². The molecule has 0 saturated carbocycles. The third-order valence-electron chi connectivity index (χ3n) is 3.82. The third-order valence-corrected chi connectivity index (χ3v) is 3.82. The predicted molar refractivity (Wildman–Crippen MR) is 111 cm³/mol. The monoisotopic (exact) mass is 444 g/mol. The molecule has 0 aliphatic heterocycles. The standard InChI is InChI=1S/C23H21FO8/c1-14(2)21(26)30-11-10-29-17-6-4-16(5-7-17)23(28)31-18-8-9-20(19(24)12-18)32-22(27)15(3)13-25/h4-9,12,25H,1,3,10-11,13H2,2H3. The fourth-order valence-corrected chi connectivity index (χ4v) is 2.13. The summed E-state index contributed by atoms with van der Waals surface area (Å²) in [5.74, 6) is -3.24. The van der Waals surface area contributed by atoms with Crippen LogP contribution in [0.3, 0.4) is 0 Å². The third kappa shape index (κ3) is 7.06. The van der Waals surface area contributed by atoms with E-state index in [2.05, 4.69) is 13.2 Å². The van der Waals surface area contributed by atoms with Crippen molar-refractivity contribution in [1.29, 1.82) is 0 Å². The Labute approximate surface area is 183 Å². The quantitative estimate of drug-likeness (QED) is 0.258. The summed E-state index contributed by atoms with van der Waals surface area (Å²) in [4.78, 5) is 35.1. The molecule has 1 N–H and O–H groups in total. The Hall–Kier alpha value is -3.98. The lowest BCUT2D eigenvalue weighted by Crippen LogP contribution is -2.14. The van der Waals surface area contributed by atoms with Crippen molar-refractivity contribution in [2.24, 2.45) is 0 Å². The molecule has 9 heteroatoms. The van der Waals surface area contributed by atoms with Crippen LogP contribution >= 0.6 is 0 Å². The molecule has 0 unspecified atom stereocenters. The maximum atomic E-state index is 14.1. The number of aliphatic hydroxyl groups excluding tert-OH is 1. The van der Waals surface area contributed by atoms with Gasteiger partial charge in [0.25, 0.3) is 0 Å². The normalized spacial score (nSPS) is 10.1. The number of carbonyl (C=O) groups is 3. The molecule has 0 radical (unpaired) electrons. The second-order valence-corrected chi connectivity index (χ2v) is 6.42. The maximum absolute atomic E-state index is 14.1. The maximum Gasteiger partial charge on any atom is 0.343 e. The molecule has 0 aromatic heterocycles. The van der Waals surface area contributed by atoms with Gasteiger partial charge in [0.15, 0.2) is 11.6 Å². The Morgan fingerprint density at radius 3 is 2.19 bits per heavy atom. The van der Waals surface area contributed by atoms with Gasteiger partial charge in [-0.15, -0.1) is 0 Å². The van der Waals surface area contributed by atoms with Gasteiger partial charge in [0.2, 0.25) is 0 Å². The average Bonchev–Trinajstić information content (AvgIpc) is 2.77. The topological polar surface area (TPSA) is 108 Å². The average molecular weight is 444 g/mol. The van der Waals surface area contributed by atoms with Crippen molar-refractivity contribution >= 4 is 17.9 Å². The Bertz CT molecular complexity index is 1030. The van der Waals surface area contributed by atoms with Crippen LogP contribution in [0.1, 0.15) is 17.3 Å².